The van der Waals surface area contributed by atoms with Crippen LogP contribution in [0.3, 0.4) is 0 Å². The number of carbonyl (C=O) groups is 4. The van der Waals surface area contributed by atoms with E-state index in [0.29, 0.717) is 18.4 Å². The topological polar surface area (TPSA) is 136 Å². The van der Waals surface area contributed by atoms with Crippen LogP contribution in [0.15, 0.2) is 18.2 Å². The highest BCUT2D eigenvalue weighted by atomic mass is 79.9. The molecule has 1 N–H and O–H groups in total. The molecule has 1 aliphatic carbocycles. The number of nitrogens with one attached hydrogen (secondary N) is 1. The number of carbonyl (C=O) groups excluding carboxylic acids is 4. The lowest BCUT2D eigenvalue weighted by molar-refractivity contribution is -0.385. The van der Waals surface area contributed by atoms with Gasteiger partial charge in [0.25, 0.3) is 11.6 Å². The molecular weight excluding hydrogens is 542 g/mol. The molecule has 2 aliphatic rings. The van der Waals surface area contributed by atoms with Gasteiger partial charge in [0.2, 0.25) is 11.8 Å². The number of likely N-dealkylation sites (tertiary alicyclic amines) is 1. The van der Waals surface area contributed by atoms with Gasteiger partial charge in [-0.1, -0.05) is 37.9 Å². The van der Waals surface area contributed by atoms with E-state index < -0.39 is 53.6 Å². The molecule has 1 saturated carbocycles. The van der Waals surface area contributed by atoms with Crippen molar-refractivity contribution in [2.24, 2.45) is 11.8 Å². The monoisotopic (exact) mass is 559 g/mol. The number of alkyl halides is 2. The first-order chi connectivity index (χ1) is 14.6. The molecular formula is C19H19Br2N3O7. The normalized spacial score (nSPS) is 25.2. The lowest BCUT2D eigenvalue weighted by atomic mass is 9.81. The third-order valence-corrected chi connectivity index (χ3v) is 8.08. The van der Waals surface area contributed by atoms with Crippen LogP contribution >= 0.6 is 31.9 Å². The standard InChI is InChI=1S/C19H19Br2N3O7/c1-9-2-3-10(4-15(9)24(29)30)22-16(25)8-31-17(26)7-23-18(27)11-5-13(20)14(21)6-12(11)19(23)28/h2-4,11-14H,5-8H2,1H3,(H,22,25)/t11-,12+,13+,14-. The molecule has 0 aromatic heterocycles. The Morgan fingerprint density at radius 1 is 1.19 bits per heavy atom. The fourth-order valence-electron chi connectivity index (χ4n) is 3.72. The molecule has 10 nitrogen and oxygen atoms in total. The second kappa shape index (κ2) is 9.43. The summed E-state index contributed by atoms with van der Waals surface area (Å²) >= 11 is 6.98. The van der Waals surface area contributed by atoms with Crippen LogP contribution in [0, 0.1) is 28.9 Å². The summed E-state index contributed by atoms with van der Waals surface area (Å²) in [6, 6.07) is 4.17. The number of fused-ring (bicyclic) bond motifs is 1. The molecule has 4 atom stereocenters. The maximum Gasteiger partial charge on any atom is 0.326 e. The van der Waals surface area contributed by atoms with Crippen LogP contribution in [0.4, 0.5) is 11.4 Å². The lowest BCUT2D eigenvalue weighted by Gasteiger charge is -2.29. The molecule has 0 spiro atoms. The van der Waals surface area contributed by atoms with Crippen LogP contribution in [0.25, 0.3) is 0 Å². The van der Waals surface area contributed by atoms with E-state index in [-0.39, 0.29) is 21.0 Å². The minimum atomic E-state index is -0.892. The molecule has 0 radical (unpaired) electrons. The average Bonchev–Trinajstić information content (AvgIpc) is 2.92. The summed E-state index contributed by atoms with van der Waals surface area (Å²) < 4.78 is 4.88. The second-order valence-corrected chi connectivity index (χ2v) is 9.80. The molecule has 31 heavy (non-hydrogen) atoms. The van der Waals surface area contributed by atoms with Crippen LogP contribution in [-0.4, -0.2) is 56.3 Å². The molecule has 166 valence electrons. The van der Waals surface area contributed by atoms with Crippen molar-refractivity contribution in [1.29, 1.82) is 0 Å². The van der Waals surface area contributed by atoms with Gasteiger partial charge in [0, 0.05) is 27.0 Å². The zero-order valence-electron chi connectivity index (χ0n) is 16.4. The summed E-state index contributed by atoms with van der Waals surface area (Å²) in [4.78, 5) is 60.7. The number of aryl methyl sites for hydroxylation is 1. The van der Waals surface area contributed by atoms with Crippen LogP contribution in [0.5, 0.6) is 0 Å². The van der Waals surface area contributed by atoms with E-state index in [1.807, 2.05) is 0 Å². The molecule has 12 heteroatoms. The van der Waals surface area contributed by atoms with Crippen molar-refractivity contribution in [2.45, 2.75) is 29.4 Å². The average molecular weight is 561 g/mol. The van der Waals surface area contributed by atoms with Crippen molar-refractivity contribution < 1.29 is 28.8 Å². The van der Waals surface area contributed by atoms with Gasteiger partial charge in [0.1, 0.15) is 6.54 Å². The number of nitro groups is 1. The van der Waals surface area contributed by atoms with Gasteiger partial charge in [0.05, 0.1) is 16.8 Å². The minimum Gasteiger partial charge on any atom is -0.454 e. The second-order valence-electron chi connectivity index (χ2n) is 7.45. The SMILES string of the molecule is Cc1ccc(NC(=O)COC(=O)CN2C(=O)[C@H]3C[C@@H](Br)[C@@H](Br)C[C@H]3C2=O)cc1[N+](=O)[O-]. The van der Waals surface area contributed by atoms with Crippen molar-refractivity contribution in [3.05, 3.63) is 33.9 Å². The Balaban J connectivity index is 1.53. The van der Waals surface area contributed by atoms with Crippen molar-refractivity contribution in [1.82, 2.24) is 4.90 Å². The number of ether oxygens (including phenoxy) is 1. The Kier molecular flexibility index (Phi) is 7.10. The summed E-state index contributed by atoms with van der Waals surface area (Å²) in [5, 5.41) is 13.4. The largest absolute Gasteiger partial charge is 0.454 e. The highest BCUT2D eigenvalue weighted by Gasteiger charge is 2.52. The van der Waals surface area contributed by atoms with E-state index in [2.05, 4.69) is 37.2 Å². The summed E-state index contributed by atoms with van der Waals surface area (Å²) in [6.45, 7) is 0.350. The lowest BCUT2D eigenvalue weighted by Crippen LogP contribution is -2.37. The molecule has 1 aliphatic heterocycles. The summed E-state index contributed by atoms with van der Waals surface area (Å²) in [5.41, 5.74) is 0.465. The van der Waals surface area contributed by atoms with Gasteiger partial charge < -0.3 is 10.1 Å². The Bertz CT molecular complexity index is 926. The van der Waals surface area contributed by atoms with Gasteiger partial charge in [-0.05, 0) is 25.8 Å². The van der Waals surface area contributed by atoms with E-state index in [4.69, 9.17) is 4.74 Å². The first-order valence-corrected chi connectivity index (χ1v) is 11.3. The molecule has 3 amide bonds. The first kappa shape index (κ1) is 23.3. The zero-order valence-corrected chi connectivity index (χ0v) is 19.5. The molecule has 2 fully saturated rings. The molecule has 0 unspecified atom stereocenters. The first-order valence-electron chi connectivity index (χ1n) is 9.42. The number of esters is 1. The number of halogens is 2. The number of benzene rings is 1. The predicted molar refractivity (Wildman–Crippen MR) is 116 cm³/mol. The van der Waals surface area contributed by atoms with Crippen LogP contribution in [0.1, 0.15) is 18.4 Å². The predicted octanol–water partition coefficient (Wildman–Crippen LogP) is 2.31. The Labute approximate surface area is 194 Å². The molecule has 1 heterocycles. The number of rotatable bonds is 6. The highest BCUT2D eigenvalue weighted by molar-refractivity contribution is 9.12. The summed E-state index contributed by atoms with van der Waals surface area (Å²) in [6.07, 6.45) is 0.976. The number of anilines is 1. The molecule has 1 saturated heterocycles. The van der Waals surface area contributed by atoms with Crippen LogP contribution in [0.2, 0.25) is 0 Å². The third-order valence-electron chi connectivity index (χ3n) is 5.34. The number of nitrogens with zero attached hydrogens (tertiary/aromatic N) is 2. The van der Waals surface area contributed by atoms with E-state index in [1.54, 1.807) is 6.92 Å². The Morgan fingerprint density at radius 2 is 1.77 bits per heavy atom. The zero-order chi connectivity index (χ0) is 22.9. The number of amides is 3. The molecule has 0 bridgehead atoms. The molecule has 3 rings (SSSR count). The fourth-order valence-corrected chi connectivity index (χ4v) is 4.96. The van der Waals surface area contributed by atoms with E-state index in [9.17, 15) is 29.3 Å². The number of nitro benzene ring substituents is 1. The van der Waals surface area contributed by atoms with Gasteiger partial charge in [-0.15, -0.1) is 0 Å². The quantitative estimate of drug-likeness (QED) is 0.185. The Hall–Kier alpha value is -2.34. The highest BCUT2D eigenvalue weighted by Crippen LogP contribution is 2.43. The van der Waals surface area contributed by atoms with Crippen molar-refractivity contribution in [2.75, 3.05) is 18.5 Å². The van der Waals surface area contributed by atoms with Crippen molar-refractivity contribution >= 4 is 66.9 Å². The van der Waals surface area contributed by atoms with E-state index >= 15 is 0 Å². The summed E-state index contributed by atoms with van der Waals surface area (Å²) in [5.74, 6) is -3.36. The maximum absolute atomic E-state index is 12.6. The maximum atomic E-state index is 12.6. The molecule has 1 aromatic carbocycles. The van der Waals surface area contributed by atoms with Crippen molar-refractivity contribution in [3.63, 3.8) is 0 Å². The molecule has 1 aromatic rings. The van der Waals surface area contributed by atoms with Crippen LogP contribution < -0.4 is 5.32 Å². The van der Waals surface area contributed by atoms with Crippen molar-refractivity contribution in [3.8, 4) is 0 Å². The van der Waals surface area contributed by atoms with Gasteiger partial charge in [-0.2, -0.15) is 0 Å². The number of imide groups is 1. The van der Waals surface area contributed by atoms with Gasteiger partial charge >= 0.3 is 5.97 Å². The Morgan fingerprint density at radius 3 is 2.32 bits per heavy atom. The van der Waals surface area contributed by atoms with E-state index in [1.165, 1.54) is 18.2 Å². The number of hydrogen-bond acceptors (Lipinski definition) is 7. The summed E-state index contributed by atoms with van der Waals surface area (Å²) in [7, 11) is 0. The third kappa shape index (κ3) is 5.12. The van der Waals surface area contributed by atoms with E-state index in [0.717, 1.165) is 4.90 Å². The fraction of sp³-hybridized carbons (Fsp3) is 0.474. The smallest absolute Gasteiger partial charge is 0.326 e. The van der Waals surface area contributed by atoms with Gasteiger partial charge in [-0.3, -0.25) is 34.2 Å². The van der Waals surface area contributed by atoms with Gasteiger partial charge in [0.15, 0.2) is 6.61 Å². The minimum absolute atomic E-state index is 0.0543. The van der Waals surface area contributed by atoms with Gasteiger partial charge in [-0.25, -0.2) is 0 Å². The van der Waals surface area contributed by atoms with Crippen LogP contribution in [-0.2, 0) is 23.9 Å². The number of hydrogen-bond donors (Lipinski definition) is 1.